The molecular formula is C13H13Cl2N3O2. The summed E-state index contributed by atoms with van der Waals surface area (Å²) in [6.07, 6.45) is 1.82. The van der Waals surface area contributed by atoms with Gasteiger partial charge in [0.05, 0.1) is 24.7 Å². The largest absolute Gasteiger partial charge is 0.467 e. The Labute approximate surface area is 126 Å². The summed E-state index contributed by atoms with van der Waals surface area (Å²) in [6, 6.07) is 3.73. The molecule has 2 aromatic rings. The number of aromatic nitrogens is 3. The smallest absolute Gasteiger partial charge is 0.189 e. The minimum atomic E-state index is -0.165. The van der Waals surface area contributed by atoms with E-state index in [0.717, 1.165) is 22.6 Å². The second-order valence-electron chi connectivity index (χ2n) is 4.62. The van der Waals surface area contributed by atoms with Gasteiger partial charge in [0.25, 0.3) is 0 Å². The first-order valence-corrected chi connectivity index (χ1v) is 7.01. The highest BCUT2D eigenvalue weighted by Crippen LogP contribution is 2.32. The second-order valence-corrected chi connectivity index (χ2v) is 5.71. The van der Waals surface area contributed by atoms with Crippen LogP contribution in [-0.4, -0.2) is 21.8 Å². The molecule has 1 aliphatic rings. The van der Waals surface area contributed by atoms with Crippen LogP contribution < -0.4 is 4.74 Å². The molecule has 0 radical (unpaired) electrons. The number of hydrogen-bond donors (Lipinski definition) is 0. The fraction of sp³-hybridized carbons (Fsp3) is 0.385. The average Bonchev–Trinajstić information content (AvgIpc) is 2.87. The molecule has 2 heterocycles. The lowest BCUT2D eigenvalue weighted by Crippen LogP contribution is -2.14. The van der Waals surface area contributed by atoms with Gasteiger partial charge in [-0.15, -0.1) is 16.7 Å². The van der Waals surface area contributed by atoms with Crippen molar-refractivity contribution in [3.8, 4) is 5.75 Å². The summed E-state index contributed by atoms with van der Waals surface area (Å²) in [7, 11) is 0. The van der Waals surface area contributed by atoms with Gasteiger partial charge >= 0.3 is 0 Å². The molecule has 0 saturated carbocycles. The summed E-state index contributed by atoms with van der Waals surface area (Å²) in [5.74, 6) is 0.816. The van der Waals surface area contributed by atoms with Crippen molar-refractivity contribution < 1.29 is 9.47 Å². The summed E-state index contributed by atoms with van der Waals surface area (Å²) < 4.78 is 12.5. The molecule has 1 unspecified atom stereocenters. The van der Waals surface area contributed by atoms with E-state index in [9.17, 15) is 0 Å². The molecule has 0 spiro atoms. The van der Waals surface area contributed by atoms with Crippen LogP contribution in [0.1, 0.15) is 29.1 Å². The molecule has 0 aliphatic carbocycles. The predicted octanol–water partition coefficient (Wildman–Crippen LogP) is 3.15. The van der Waals surface area contributed by atoms with Crippen LogP contribution in [0.15, 0.2) is 18.3 Å². The number of hydrogen-bond acceptors (Lipinski definition) is 4. The molecule has 3 rings (SSSR count). The summed E-state index contributed by atoms with van der Waals surface area (Å²) in [5.41, 5.74) is 2.64. The molecule has 0 fully saturated rings. The van der Waals surface area contributed by atoms with E-state index in [1.165, 1.54) is 0 Å². The molecule has 7 heteroatoms. The van der Waals surface area contributed by atoms with E-state index in [0.29, 0.717) is 18.2 Å². The van der Waals surface area contributed by atoms with Crippen LogP contribution in [0.5, 0.6) is 5.75 Å². The van der Waals surface area contributed by atoms with Crippen LogP contribution in [-0.2, 0) is 17.9 Å². The van der Waals surface area contributed by atoms with Crippen molar-refractivity contribution in [3.63, 3.8) is 0 Å². The maximum absolute atomic E-state index is 6.13. The molecule has 0 saturated heterocycles. The Bertz CT molecular complexity index is 628. The molecule has 106 valence electrons. The SMILES string of the molecule is CC(Cl)c1cn(Cc2cc(Cl)cc3c2OCOC3)nn1. The standard InChI is InChI=1S/C13H13Cl2N3O2/c1-8(14)12-5-18(17-16-12)4-9-2-11(15)3-10-6-19-7-20-13(9)10/h2-3,5,8H,4,6-7H2,1H3. The number of fused-ring (bicyclic) bond motifs is 1. The monoisotopic (exact) mass is 313 g/mol. The van der Waals surface area contributed by atoms with Crippen molar-refractivity contribution in [1.82, 2.24) is 15.0 Å². The van der Waals surface area contributed by atoms with Crippen molar-refractivity contribution >= 4 is 23.2 Å². The topological polar surface area (TPSA) is 49.2 Å². The number of halogens is 2. The van der Waals surface area contributed by atoms with Gasteiger partial charge in [-0.05, 0) is 19.1 Å². The number of alkyl halides is 1. The second kappa shape index (κ2) is 5.60. The summed E-state index contributed by atoms with van der Waals surface area (Å²) in [6.45, 7) is 3.14. The van der Waals surface area contributed by atoms with Crippen LogP contribution in [0.4, 0.5) is 0 Å². The first kappa shape index (κ1) is 13.7. The molecule has 1 aromatic heterocycles. The van der Waals surface area contributed by atoms with E-state index in [4.69, 9.17) is 32.7 Å². The minimum absolute atomic E-state index is 0.165. The Hall–Kier alpha value is -1.30. The van der Waals surface area contributed by atoms with Crippen molar-refractivity contribution in [3.05, 3.63) is 40.2 Å². The maximum Gasteiger partial charge on any atom is 0.189 e. The van der Waals surface area contributed by atoms with Crippen molar-refractivity contribution in [2.75, 3.05) is 6.79 Å². The number of ether oxygens (including phenoxy) is 2. The highest BCUT2D eigenvalue weighted by Gasteiger charge is 2.17. The van der Waals surface area contributed by atoms with Crippen LogP contribution in [0.3, 0.4) is 0 Å². The Balaban J connectivity index is 1.91. The quantitative estimate of drug-likeness (QED) is 0.817. The molecule has 1 aromatic carbocycles. The van der Waals surface area contributed by atoms with Gasteiger partial charge in [0.15, 0.2) is 6.79 Å². The zero-order chi connectivity index (χ0) is 14.1. The lowest BCUT2D eigenvalue weighted by Gasteiger charge is -2.21. The zero-order valence-electron chi connectivity index (χ0n) is 10.8. The van der Waals surface area contributed by atoms with Gasteiger partial charge in [0, 0.05) is 16.1 Å². The Kier molecular flexibility index (Phi) is 3.83. The van der Waals surface area contributed by atoms with Crippen LogP contribution in [0.2, 0.25) is 5.02 Å². The Morgan fingerprint density at radius 3 is 3.05 bits per heavy atom. The first-order valence-electron chi connectivity index (χ1n) is 6.19. The summed E-state index contributed by atoms with van der Waals surface area (Å²) >= 11 is 12.1. The van der Waals surface area contributed by atoms with Gasteiger partial charge in [-0.1, -0.05) is 16.8 Å². The van der Waals surface area contributed by atoms with Gasteiger partial charge in [-0.25, -0.2) is 4.68 Å². The summed E-state index contributed by atoms with van der Waals surface area (Å²) in [5, 5.41) is 8.58. The Morgan fingerprint density at radius 1 is 1.45 bits per heavy atom. The molecule has 20 heavy (non-hydrogen) atoms. The normalized spacial score (nSPS) is 15.6. The number of rotatable bonds is 3. The van der Waals surface area contributed by atoms with Crippen molar-refractivity contribution in [1.29, 1.82) is 0 Å². The molecule has 0 N–H and O–H groups in total. The molecule has 1 atom stereocenters. The molecular weight excluding hydrogens is 301 g/mol. The number of nitrogens with zero attached hydrogens (tertiary/aromatic N) is 3. The molecule has 0 bridgehead atoms. The fourth-order valence-corrected chi connectivity index (χ4v) is 2.49. The van der Waals surface area contributed by atoms with Gasteiger partial charge in [0.1, 0.15) is 11.4 Å². The van der Waals surface area contributed by atoms with Crippen LogP contribution >= 0.6 is 23.2 Å². The first-order chi connectivity index (χ1) is 9.63. The average molecular weight is 314 g/mol. The third kappa shape index (κ3) is 2.75. The van der Waals surface area contributed by atoms with Crippen LogP contribution in [0.25, 0.3) is 0 Å². The maximum atomic E-state index is 6.13. The minimum Gasteiger partial charge on any atom is -0.467 e. The van der Waals surface area contributed by atoms with E-state index in [-0.39, 0.29) is 12.2 Å². The highest BCUT2D eigenvalue weighted by atomic mass is 35.5. The van der Waals surface area contributed by atoms with Gasteiger partial charge in [-0.2, -0.15) is 0 Å². The fourth-order valence-electron chi connectivity index (χ4n) is 2.12. The van der Waals surface area contributed by atoms with Gasteiger partial charge < -0.3 is 9.47 Å². The van der Waals surface area contributed by atoms with Crippen LogP contribution in [0, 0.1) is 0 Å². The molecule has 1 aliphatic heterocycles. The lowest BCUT2D eigenvalue weighted by atomic mass is 10.1. The summed E-state index contributed by atoms with van der Waals surface area (Å²) in [4.78, 5) is 0. The van der Waals surface area contributed by atoms with Gasteiger partial charge in [-0.3, -0.25) is 0 Å². The van der Waals surface area contributed by atoms with E-state index in [1.54, 1.807) is 4.68 Å². The van der Waals surface area contributed by atoms with E-state index < -0.39 is 0 Å². The van der Waals surface area contributed by atoms with E-state index >= 15 is 0 Å². The van der Waals surface area contributed by atoms with Crippen molar-refractivity contribution in [2.45, 2.75) is 25.5 Å². The third-order valence-electron chi connectivity index (χ3n) is 3.05. The van der Waals surface area contributed by atoms with Crippen molar-refractivity contribution in [2.24, 2.45) is 0 Å². The highest BCUT2D eigenvalue weighted by molar-refractivity contribution is 6.30. The number of benzene rings is 1. The third-order valence-corrected chi connectivity index (χ3v) is 3.49. The lowest BCUT2D eigenvalue weighted by molar-refractivity contribution is -0.0171. The Morgan fingerprint density at radius 2 is 2.30 bits per heavy atom. The molecule has 5 nitrogen and oxygen atoms in total. The predicted molar refractivity (Wildman–Crippen MR) is 75.1 cm³/mol. The van der Waals surface area contributed by atoms with Gasteiger partial charge in [0.2, 0.25) is 0 Å². The zero-order valence-corrected chi connectivity index (χ0v) is 12.4. The molecule has 0 amide bonds. The van der Waals surface area contributed by atoms with E-state index in [1.807, 2.05) is 25.3 Å². The van der Waals surface area contributed by atoms with E-state index in [2.05, 4.69) is 10.3 Å².